The van der Waals surface area contributed by atoms with Gasteiger partial charge in [-0.05, 0) is 65.3 Å². The van der Waals surface area contributed by atoms with Crippen LogP contribution in [0.3, 0.4) is 0 Å². The van der Waals surface area contributed by atoms with Crippen LogP contribution in [-0.4, -0.2) is 29.0 Å². The normalized spacial score (nSPS) is 15.9. The number of piperidine rings is 1. The molecule has 1 aliphatic rings. The minimum Gasteiger partial charge on any atom is -0.508 e. The average molecular weight is 315 g/mol. The molecule has 0 bridgehead atoms. The number of aromatic hydroxyl groups is 1. The van der Waals surface area contributed by atoms with Crippen molar-refractivity contribution in [2.24, 2.45) is 0 Å². The van der Waals surface area contributed by atoms with E-state index >= 15 is 0 Å². The maximum absolute atomic E-state index is 12.3. The molecule has 0 radical (unpaired) electrons. The summed E-state index contributed by atoms with van der Waals surface area (Å²) in [4.78, 5) is 14.3. The van der Waals surface area contributed by atoms with E-state index in [9.17, 15) is 9.90 Å². The van der Waals surface area contributed by atoms with Crippen molar-refractivity contribution >= 4 is 17.2 Å². The van der Waals surface area contributed by atoms with Gasteiger partial charge in [0, 0.05) is 19.5 Å². The van der Waals surface area contributed by atoms with Crippen LogP contribution in [0, 0.1) is 0 Å². The Balaban J connectivity index is 1.48. The number of carbonyl (C=O) groups is 1. The van der Waals surface area contributed by atoms with Crippen molar-refractivity contribution < 1.29 is 9.90 Å². The molecular weight excluding hydrogens is 294 g/mol. The lowest BCUT2D eigenvalue weighted by Crippen LogP contribution is -2.38. The summed E-state index contributed by atoms with van der Waals surface area (Å²) in [5.74, 6) is 1.08. The van der Waals surface area contributed by atoms with Gasteiger partial charge in [-0.25, -0.2) is 0 Å². The fourth-order valence-corrected chi connectivity index (χ4v) is 3.76. The molecule has 0 unspecified atom stereocenters. The summed E-state index contributed by atoms with van der Waals surface area (Å²) in [7, 11) is 0. The van der Waals surface area contributed by atoms with Crippen molar-refractivity contribution in [2.75, 3.05) is 13.1 Å². The van der Waals surface area contributed by atoms with Gasteiger partial charge in [0.05, 0.1) is 0 Å². The lowest BCUT2D eigenvalue weighted by atomic mass is 9.89. The predicted molar refractivity (Wildman–Crippen MR) is 89.3 cm³/mol. The highest BCUT2D eigenvalue weighted by Gasteiger charge is 2.23. The molecule has 2 aromatic rings. The maximum Gasteiger partial charge on any atom is 0.222 e. The Labute approximate surface area is 135 Å². The molecule has 22 heavy (non-hydrogen) atoms. The first kappa shape index (κ1) is 15.1. The third-order valence-electron chi connectivity index (χ3n) is 4.42. The van der Waals surface area contributed by atoms with E-state index in [0.717, 1.165) is 32.4 Å². The molecule has 1 N–H and O–H groups in total. The van der Waals surface area contributed by atoms with Crippen molar-refractivity contribution in [3.63, 3.8) is 0 Å². The van der Waals surface area contributed by atoms with Gasteiger partial charge in [-0.15, -0.1) is 0 Å². The predicted octanol–water partition coefficient (Wildman–Crippen LogP) is 3.79. The summed E-state index contributed by atoms with van der Waals surface area (Å²) in [5, 5.41) is 13.5. The number of phenols is 1. The van der Waals surface area contributed by atoms with Gasteiger partial charge in [-0.1, -0.05) is 12.1 Å². The number of amides is 1. The van der Waals surface area contributed by atoms with Gasteiger partial charge in [-0.3, -0.25) is 4.79 Å². The standard InChI is InChI=1S/C18H21NO2S/c20-17-4-2-15(3-5-17)16-7-10-19(11-8-16)18(21)6-1-14-9-12-22-13-14/h2-5,9,12-13,16,20H,1,6-8,10-11H2. The number of likely N-dealkylation sites (tertiary alicyclic amines) is 1. The van der Waals surface area contributed by atoms with Crippen molar-refractivity contribution in [1.29, 1.82) is 0 Å². The van der Waals surface area contributed by atoms with E-state index in [1.165, 1.54) is 11.1 Å². The van der Waals surface area contributed by atoms with Crippen molar-refractivity contribution in [1.82, 2.24) is 4.90 Å². The Morgan fingerprint density at radius 3 is 2.55 bits per heavy atom. The van der Waals surface area contributed by atoms with Gasteiger partial charge in [0.15, 0.2) is 0 Å². The third-order valence-corrected chi connectivity index (χ3v) is 5.15. The van der Waals surface area contributed by atoms with Gasteiger partial charge in [0.1, 0.15) is 5.75 Å². The summed E-state index contributed by atoms with van der Waals surface area (Å²) in [6.07, 6.45) is 3.48. The highest BCUT2D eigenvalue weighted by atomic mass is 32.1. The molecule has 1 aromatic heterocycles. The topological polar surface area (TPSA) is 40.5 Å². The Morgan fingerprint density at radius 2 is 1.91 bits per heavy atom. The molecule has 2 heterocycles. The van der Waals surface area contributed by atoms with Gasteiger partial charge in [-0.2, -0.15) is 11.3 Å². The molecule has 1 fully saturated rings. The average Bonchev–Trinajstić information content (AvgIpc) is 3.07. The summed E-state index contributed by atoms with van der Waals surface area (Å²) in [6, 6.07) is 9.57. The lowest BCUT2D eigenvalue weighted by molar-refractivity contribution is -0.132. The summed E-state index contributed by atoms with van der Waals surface area (Å²) >= 11 is 1.68. The first-order valence-corrected chi connectivity index (χ1v) is 8.74. The molecule has 116 valence electrons. The van der Waals surface area contributed by atoms with E-state index in [1.54, 1.807) is 23.5 Å². The minimum absolute atomic E-state index is 0.273. The molecule has 0 atom stereocenters. The van der Waals surface area contributed by atoms with Crippen LogP contribution < -0.4 is 0 Å². The highest BCUT2D eigenvalue weighted by molar-refractivity contribution is 7.07. The number of nitrogens with zero attached hydrogens (tertiary/aromatic N) is 1. The summed E-state index contributed by atoms with van der Waals surface area (Å²) in [5.41, 5.74) is 2.53. The zero-order valence-electron chi connectivity index (χ0n) is 12.6. The molecule has 3 nitrogen and oxygen atoms in total. The smallest absolute Gasteiger partial charge is 0.222 e. The fourth-order valence-electron chi connectivity index (χ4n) is 3.05. The molecular formula is C18H21NO2S. The van der Waals surface area contributed by atoms with Crippen LogP contribution in [0.2, 0.25) is 0 Å². The number of thiophene rings is 1. The van der Waals surface area contributed by atoms with E-state index in [-0.39, 0.29) is 5.91 Å². The molecule has 0 aliphatic carbocycles. The Morgan fingerprint density at radius 1 is 1.18 bits per heavy atom. The zero-order valence-corrected chi connectivity index (χ0v) is 13.4. The molecule has 1 aliphatic heterocycles. The third kappa shape index (κ3) is 3.69. The quantitative estimate of drug-likeness (QED) is 0.932. The Hall–Kier alpha value is -1.81. The minimum atomic E-state index is 0.273. The second-order valence-corrected chi connectivity index (χ2v) is 6.66. The van der Waals surface area contributed by atoms with E-state index in [0.29, 0.717) is 18.1 Å². The summed E-state index contributed by atoms with van der Waals surface area (Å²) < 4.78 is 0. The van der Waals surface area contributed by atoms with Crippen LogP contribution in [0.25, 0.3) is 0 Å². The highest BCUT2D eigenvalue weighted by Crippen LogP contribution is 2.29. The molecule has 1 aromatic carbocycles. The van der Waals surface area contributed by atoms with Gasteiger partial charge in [0.2, 0.25) is 5.91 Å². The SMILES string of the molecule is O=C(CCc1ccsc1)N1CCC(c2ccc(O)cc2)CC1. The van der Waals surface area contributed by atoms with Gasteiger partial charge < -0.3 is 10.0 Å². The molecule has 0 spiro atoms. The number of carbonyl (C=O) groups excluding carboxylic acids is 1. The maximum atomic E-state index is 12.3. The Bertz CT molecular complexity index is 599. The first-order chi connectivity index (χ1) is 10.7. The molecule has 1 saturated heterocycles. The van der Waals surface area contributed by atoms with E-state index in [4.69, 9.17) is 0 Å². The monoisotopic (exact) mass is 315 g/mol. The first-order valence-electron chi connectivity index (χ1n) is 7.80. The van der Waals surface area contributed by atoms with E-state index in [1.807, 2.05) is 17.0 Å². The van der Waals surface area contributed by atoms with E-state index in [2.05, 4.69) is 16.8 Å². The van der Waals surface area contributed by atoms with Crippen LogP contribution in [0.1, 0.15) is 36.3 Å². The number of hydrogen-bond donors (Lipinski definition) is 1. The van der Waals surface area contributed by atoms with Crippen LogP contribution in [0.5, 0.6) is 5.75 Å². The number of aryl methyl sites for hydroxylation is 1. The summed E-state index contributed by atoms with van der Waals surface area (Å²) in [6.45, 7) is 1.68. The number of benzene rings is 1. The number of rotatable bonds is 4. The molecule has 4 heteroatoms. The van der Waals surface area contributed by atoms with Crippen molar-refractivity contribution in [2.45, 2.75) is 31.6 Å². The number of phenolic OH excluding ortho intramolecular Hbond substituents is 1. The van der Waals surface area contributed by atoms with E-state index < -0.39 is 0 Å². The molecule has 0 saturated carbocycles. The Kier molecular flexibility index (Phi) is 4.78. The van der Waals surface area contributed by atoms with Crippen LogP contribution in [0.15, 0.2) is 41.1 Å². The van der Waals surface area contributed by atoms with Crippen molar-refractivity contribution in [3.05, 3.63) is 52.2 Å². The van der Waals surface area contributed by atoms with Crippen LogP contribution in [-0.2, 0) is 11.2 Å². The fraction of sp³-hybridized carbons (Fsp3) is 0.389. The van der Waals surface area contributed by atoms with Gasteiger partial charge >= 0.3 is 0 Å². The second kappa shape index (κ2) is 6.97. The zero-order chi connectivity index (χ0) is 15.4. The van der Waals surface area contributed by atoms with Crippen molar-refractivity contribution in [3.8, 4) is 5.75 Å². The van der Waals surface area contributed by atoms with Crippen LogP contribution >= 0.6 is 11.3 Å². The number of hydrogen-bond acceptors (Lipinski definition) is 3. The molecule has 3 rings (SSSR count). The van der Waals surface area contributed by atoms with Gasteiger partial charge in [0.25, 0.3) is 0 Å². The molecule has 1 amide bonds. The second-order valence-electron chi connectivity index (χ2n) is 5.88. The van der Waals surface area contributed by atoms with Crippen LogP contribution in [0.4, 0.5) is 0 Å². The lowest BCUT2D eigenvalue weighted by Gasteiger charge is -2.32. The largest absolute Gasteiger partial charge is 0.508 e.